The Labute approximate surface area is 772 Å². The van der Waals surface area contributed by atoms with E-state index in [9.17, 15) is 0 Å². The SMILES string of the molecule is CC1(C)c2ccccc2-c2cc(N(c3ccc(-c4ccc(C(c5ccccc5)(c5ccccc5)c5ccccc5)cc4)cc3)c3ccc4c5ccccc5n(-c5ccccc5)c4c3)ccc21.CC1(C)c2ccccc2-c2ccc(N(c3ccc(-c4ccc(C(c5ccccc5)(c5ccccc5)c5ccccc5)cc4)cc3)c3ccc4c5ccccc5n(-c5ccccc5)c4c3)cc21. The van der Waals surface area contributed by atoms with Crippen molar-refractivity contribution in [1.82, 2.24) is 9.13 Å². The minimum atomic E-state index is -0.494. The van der Waals surface area contributed by atoms with E-state index in [1.807, 2.05) is 0 Å². The molecule has 0 saturated heterocycles. The summed E-state index contributed by atoms with van der Waals surface area (Å²) in [6.45, 7) is 9.42. The zero-order chi connectivity index (χ0) is 88.5. The second kappa shape index (κ2) is 33.0. The van der Waals surface area contributed by atoms with Crippen molar-refractivity contribution in [1.29, 1.82) is 0 Å². The van der Waals surface area contributed by atoms with Crippen LogP contribution in [0.1, 0.15) is 94.5 Å². The number of benzene rings is 20. The second-order valence-corrected chi connectivity index (χ2v) is 36.2. The van der Waals surface area contributed by atoms with Gasteiger partial charge in [-0.15, -0.1) is 0 Å². The molecule has 0 bridgehead atoms. The van der Waals surface area contributed by atoms with E-state index in [1.54, 1.807) is 0 Å². The molecule has 2 aliphatic rings. The van der Waals surface area contributed by atoms with Crippen LogP contribution in [0.2, 0.25) is 0 Å². The van der Waals surface area contributed by atoms with Crippen molar-refractivity contribution >= 4 is 77.7 Å². The van der Waals surface area contributed by atoms with Crippen molar-refractivity contribution < 1.29 is 0 Å². The highest BCUT2D eigenvalue weighted by molar-refractivity contribution is 6.12. The average Bonchev–Trinajstić information content (AvgIpc) is 1.66. The minimum Gasteiger partial charge on any atom is -0.310 e. The highest BCUT2D eigenvalue weighted by Gasteiger charge is 2.42. The number of anilines is 6. The Morgan fingerprint density at radius 3 is 0.803 bits per heavy atom. The molecule has 0 aliphatic heterocycles. The van der Waals surface area contributed by atoms with Crippen molar-refractivity contribution in [2.75, 3.05) is 9.80 Å². The fourth-order valence-corrected chi connectivity index (χ4v) is 22.0. The highest BCUT2D eigenvalue weighted by Crippen LogP contribution is 2.55. The molecule has 2 aromatic heterocycles. The third-order valence-electron chi connectivity index (χ3n) is 28.3. The van der Waals surface area contributed by atoms with E-state index < -0.39 is 10.8 Å². The van der Waals surface area contributed by atoms with Crippen LogP contribution < -0.4 is 9.80 Å². The van der Waals surface area contributed by atoms with Crippen molar-refractivity contribution in [3.05, 3.63) is 576 Å². The number of hydrogen-bond acceptors (Lipinski definition) is 2. The summed E-state index contributed by atoms with van der Waals surface area (Å²) in [6.07, 6.45) is 0. The Kier molecular flexibility index (Phi) is 20.1. The number of fused-ring (bicyclic) bond motifs is 12. The molecule has 4 heteroatoms. The van der Waals surface area contributed by atoms with Crippen LogP contribution in [0.15, 0.2) is 510 Å². The molecule has 0 amide bonds. The van der Waals surface area contributed by atoms with Gasteiger partial charge in [-0.1, -0.05) is 428 Å². The molecule has 628 valence electrons. The Morgan fingerprint density at radius 1 is 0.174 bits per heavy atom. The minimum absolute atomic E-state index is 0.0784. The third kappa shape index (κ3) is 13.4. The van der Waals surface area contributed by atoms with Crippen LogP contribution in [0.4, 0.5) is 34.1 Å². The number of hydrogen-bond donors (Lipinski definition) is 0. The Balaban J connectivity index is 0.000000150. The molecule has 0 radical (unpaired) electrons. The molecule has 0 unspecified atom stereocenters. The maximum atomic E-state index is 2.44. The van der Waals surface area contributed by atoms with Gasteiger partial charge in [0.2, 0.25) is 0 Å². The molecule has 20 aromatic carbocycles. The standard InChI is InChI=1S/2C64H48N2/c1-63(2)59-29-17-15-27-55(59)58-43-53(40-42-60(58)63)65(54-39-41-57-56-28-16-18-30-61(56)66(62(57)44-54)51-25-13-6-14-26-51)52-37-33-46(34-38-52)45-31-35-50(36-32-45)64(47-19-7-3-8-20-47,48-21-9-4-10-22-48)49-23-11-5-12-24-49;1-63(2)59-29-17-15-27-55(59)56-41-39-53(43-60(56)63)65(54-40-42-58-57-28-16-18-30-61(57)66(62(58)44-54)51-25-13-6-14-26-51)52-37-33-46(34-38-52)45-31-35-50(36-32-45)64(47-19-7-3-8-20-47,48-21-9-4-10-22-48)49-23-11-5-12-24-49/h2*3-44H,1-2H3. The summed E-state index contributed by atoms with van der Waals surface area (Å²) < 4.78 is 4.81. The van der Waals surface area contributed by atoms with Gasteiger partial charge in [-0.05, 0) is 220 Å². The van der Waals surface area contributed by atoms with E-state index in [0.717, 1.165) is 45.5 Å². The van der Waals surface area contributed by atoms with Gasteiger partial charge in [0.1, 0.15) is 0 Å². The molecule has 22 aromatic rings. The van der Waals surface area contributed by atoms with Gasteiger partial charge < -0.3 is 18.9 Å². The molecular weight excluding hydrogens is 1590 g/mol. The van der Waals surface area contributed by atoms with Crippen LogP contribution in [-0.2, 0) is 21.7 Å². The highest BCUT2D eigenvalue weighted by atomic mass is 15.2. The van der Waals surface area contributed by atoms with Crippen LogP contribution >= 0.6 is 0 Å². The third-order valence-corrected chi connectivity index (χ3v) is 28.3. The summed E-state index contributed by atoms with van der Waals surface area (Å²) in [5.74, 6) is 0. The van der Waals surface area contributed by atoms with Gasteiger partial charge in [0, 0.05) is 77.9 Å². The maximum absolute atomic E-state index is 2.44. The molecule has 4 nitrogen and oxygen atoms in total. The molecule has 2 heterocycles. The van der Waals surface area contributed by atoms with Crippen LogP contribution in [0, 0.1) is 0 Å². The van der Waals surface area contributed by atoms with Gasteiger partial charge in [-0.25, -0.2) is 0 Å². The first-order valence-corrected chi connectivity index (χ1v) is 46.0. The fraction of sp³-hybridized carbons (Fsp3) is 0.0625. The first-order chi connectivity index (χ1) is 65.0. The average molecular weight is 1690 g/mol. The van der Waals surface area contributed by atoms with Gasteiger partial charge in [0.15, 0.2) is 0 Å². The van der Waals surface area contributed by atoms with E-state index in [1.165, 1.54) is 155 Å². The van der Waals surface area contributed by atoms with Crippen LogP contribution in [0.25, 0.3) is 99.5 Å². The normalized spacial score (nSPS) is 12.8. The zero-order valence-corrected chi connectivity index (χ0v) is 74.3. The maximum Gasteiger partial charge on any atom is 0.0701 e. The lowest BCUT2D eigenvalue weighted by atomic mass is 9.65. The summed E-state index contributed by atoms with van der Waals surface area (Å²) in [6, 6.07) is 187. The number of para-hydroxylation sites is 4. The molecule has 132 heavy (non-hydrogen) atoms. The second-order valence-electron chi connectivity index (χ2n) is 36.2. The van der Waals surface area contributed by atoms with E-state index in [4.69, 9.17) is 0 Å². The van der Waals surface area contributed by atoms with Gasteiger partial charge in [0.05, 0.1) is 32.9 Å². The predicted octanol–water partition coefficient (Wildman–Crippen LogP) is 33.2. The number of rotatable bonds is 18. The summed E-state index contributed by atoms with van der Waals surface area (Å²) in [5, 5.41) is 4.96. The summed E-state index contributed by atoms with van der Waals surface area (Å²) in [7, 11) is 0. The predicted molar refractivity (Wildman–Crippen MR) is 554 cm³/mol. The molecule has 24 rings (SSSR count). The summed E-state index contributed by atoms with van der Waals surface area (Å²) >= 11 is 0. The van der Waals surface area contributed by atoms with Crippen LogP contribution in [-0.4, -0.2) is 9.13 Å². The van der Waals surface area contributed by atoms with E-state index in [-0.39, 0.29) is 10.8 Å². The van der Waals surface area contributed by atoms with E-state index >= 15 is 0 Å². The zero-order valence-electron chi connectivity index (χ0n) is 74.3. The van der Waals surface area contributed by atoms with Gasteiger partial charge >= 0.3 is 0 Å². The molecule has 2 aliphatic carbocycles. The van der Waals surface area contributed by atoms with Crippen LogP contribution in [0.3, 0.4) is 0 Å². The van der Waals surface area contributed by atoms with Crippen molar-refractivity contribution in [3.63, 3.8) is 0 Å². The molecule has 0 atom stereocenters. The quantitative estimate of drug-likeness (QED) is 0.0796. The lowest BCUT2D eigenvalue weighted by molar-refractivity contribution is 0.660. The molecule has 0 spiro atoms. The van der Waals surface area contributed by atoms with E-state index in [0.29, 0.717) is 0 Å². The fourth-order valence-electron chi connectivity index (χ4n) is 22.0. The molecular formula is C128H96N4. The monoisotopic (exact) mass is 1690 g/mol. The summed E-state index contributed by atoms with van der Waals surface area (Å²) in [5.41, 5.74) is 37.8. The number of aromatic nitrogens is 2. The molecule has 0 saturated carbocycles. The van der Waals surface area contributed by atoms with Gasteiger partial charge in [-0.2, -0.15) is 0 Å². The first kappa shape index (κ1) is 80.2. The molecule has 0 N–H and O–H groups in total. The largest absolute Gasteiger partial charge is 0.310 e. The smallest absolute Gasteiger partial charge is 0.0701 e. The lowest BCUT2D eigenvalue weighted by Crippen LogP contribution is -2.30. The Hall–Kier alpha value is -16.4. The first-order valence-electron chi connectivity index (χ1n) is 46.0. The molecule has 0 fully saturated rings. The van der Waals surface area contributed by atoms with E-state index in [2.05, 4.69) is 556 Å². The van der Waals surface area contributed by atoms with Gasteiger partial charge in [0.25, 0.3) is 0 Å². The van der Waals surface area contributed by atoms with Crippen molar-refractivity contribution in [3.8, 4) is 55.9 Å². The van der Waals surface area contributed by atoms with Crippen molar-refractivity contribution in [2.45, 2.75) is 49.4 Å². The van der Waals surface area contributed by atoms with Crippen LogP contribution in [0.5, 0.6) is 0 Å². The van der Waals surface area contributed by atoms with Gasteiger partial charge in [-0.3, -0.25) is 0 Å². The van der Waals surface area contributed by atoms with Crippen molar-refractivity contribution in [2.24, 2.45) is 0 Å². The lowest BCUT2D eigenvalue weighted by Gasteiger charge is -2.37. The Bertz CT molecular complexity index is 7790. The Morgan fingerprint density at radius 2 is 0.424 bits per heavy atom. The topological polar surface area (TPSA) is 16.3 Å². The summed E-state index contributed by atoms with van der Waals surface area (Å²) in [4.78, 5) is 4.87. The number of nitrogens with zero attached hydrogens (tertiary/aromatic N) is 4.